The van der Waals surface area contributed by atoms with E-state index < -0.39 is 15.7 Å². The molecule has 2 aromatic rings. The summed E-state index contributed by atoms with van der Waals surface area (Å²) in [6.45, 7) is 1.69. The van der Waals surface area contributed by atoms with Crippen molar-refractivity contribution in [1.29, 1.82) is 0 Å². The molecule has 1 heterocycles. The van der Waals surface area contributed by atoms with E-state index in [4.69, 9.17) is 9.94 Å². The lowest BCUT2D eigenvalue weighted by Crippen LogP contribution is -2.32. The molecule has 132 valence electrons. The monoisotopic (exact) mass is 362 g/mol. The molecule has 0 radical (unpaired) electrons. The van der Waals surface area contributed by atoms with E-state index in [1.807, 2.05) is 4.90 Å². The van der Waals surface area contributed by atoms with Crippen LogP contribution < -0.4 is 15.1 Å². The number of carbonyl (C=O) groups is 1. The van der Waals surface area contributed by atoms with Gasteiger partial charge in [0.1, 0.15) is 12.4 Å². The lowest BCUT2D eigenvalue weighted by Gasteiger charge is -2.31. The fourth-order valence-electron chi connectivity index (χ4n) is 2.71. The molecule has 1 amide bonds. The van der Waals surface area contributed by atoms with Crippen molar-refractivity contribution in [3.63, 3.8) is 0 Å². The van der Waals surface area contributed by atoms with Gasteiger partial charge in [0.2, 0.25) is 0 Å². The summed E-state index contributed by atoms with van der Waals surface area (Å²) in [5, 5.41) is 8.79. The zero-order chi connectivity index (χ0) is 18.0. The number of benzene rings is 2. The highest BCUT2D eigenvalue weighted by molar-refractivity contribution is 7.90. The lowest BCUT2D eigenvalue weighted by atomic mass is 10.1. The van der Waals surface area contributed by atoms with Gasteiger partial charge in [-0.15, -0.1) is 0 Å². The Hall–Kier alpha value is -2.58. The van der Waals surface area contributed by atoms with Crippen LogP contribution in [0.15, 0.2) is 47.4 Å². The molecule has 2 aromatic carbocycles. The Balaban J connectivity index is 1.86. The Morgan fingerprint density at radius 2 is 1.96 bits per heavy atom. The Bertz CT molecular complexity index is 894. The molecule has 7 nitrogen and oxygen atoms in total. The first kappa shape index (κ1) is 17.2. The standard InChI is InChI=1S/C17H18N2O5S/c1-25(22,23)14-5-2-12(3-6-14)11-19-8-9-24-16-7-4-13(10-15(16)19)17(20)18-21/h2-7,10,21H,8-9,11H2,1H3,(H,18,20). The van der Waals surface area contributed by atoms with E-state index in [0.717, 1.165) is 11.3 Å². The lowest BCUT2D eigenvalue weighted by molar-refractivity contribution is 0.0706. The SMILES string of the molecule is CS(=O)(=O)c1ccc(CN2CCOc3ccc(C(=O)NO)cc32)cc1. The van der Waals surface area contributed by atoms with Crippen LogP contribution in [0.1, 0.15) is 15.9 Å². The minimum absolute atomic E-state index is 0.278. The van der Waals surface area contributed by atoms with Crippen LogP contribution >= 0.6 is 0 Å². The van der Waals surface area contributed by atoms with E-state index >= 15 is 0 Å². The molecular weight excluding hydrogens is 344 g/mol. The predicted octanol–water partition coefficient (Wildman–Crippen LogP) is 1.61. The molecule has 0 saturated heterocycles. The molecule has 0 saturated carbocycles. The molecule has 0 bridgehead atoms. The van der Waals surface area contributed by atoms with E-state index in [2.05, 4.69) is 0 Å². The summed E-state index contributed by atoms with van der Waals surface area (Å²) in [4.78, 5) is 13.9. The predicted molar refractivity (Wildman–Crippen MR) is 91.8 cm³/mol. The summed E-state index contributed by atoms with van der Waals surface area (Å²) in [5.41, 5.74) is 3.63. The van der Waals surface area contributed by atoms with E-state index in [1.165, 1.54) is 6.26 Å². The maximum absolute atomic E-state index is 11.6. The average Bonchev–Trinajstić information content (AvgIpc) is 2.60. The van der Waals surface area contributed by atoms with Crippen molar-refractivity contribution in [2.45, 2.75) is 11.4 Å². The van der Waals surface area contributed by atoms with E-state index in [9.17, 15) is 13.2 Å². The molecule has 0 spiro atoms. The first-order valence-electron chi connectivity index (χ1n) is 7.64. The van der Waals surface area contributed by atoms with Gasteiger partial charge in [0.05, 0.1) is 17.1 Å². The van der Waals surface area contributed by atoms with Gasteiger partial charge >= 0.3 is 0 Å². The molecule has 1 aliphatic rings. The minimum atomic E-state index is -3.22. The second-order valence-electron chi connectivity index (χ2n) is 5.81. The Morgan fingerprint density at radius 1 is 1.24 bits per heavy atom. The number of hydrogen-bond donors (Lipinski definition) is 2. The highest BCUT2D eigenvalue weighted by Gasteiger charge is 2.20. The van der Waals surface area contributed by atoms with Crippen LogP contribution in [0.2, 0.25) is 0 Å². The second-order valence-corrected chi connectivity index (χ2v) is 7.83. The number of hydroxylamine groups is 1. The second kappa shape index (κ2) is 6.73. The Labute approximate surface area is 145 Å². The molecule has 0 unspecified atom stereocenters. The van der Waals surface area contributed by atoms with Gasteiger partial charge in [0.25, 0.3) is 5.91 Å². The molecule has 0 aliphatic carbocycles. The largest absolute Gasteiger partial charge is 0.490 e. The number of anilines is 1. The number of nitrogens with zero attached hydrogens (tertiary/aromatic N) is 1. The number of hydrogen-bond acceptors (Lipinski definition) is 6. The number of carbonyl (C=O) groups excluding carboxylic acids is 1. The third-order valence-corrected chi connectivity index (χ3v) is 5.14. The molecule has 3 rings (SSSR count). The number of sulfone groups is 1. The van der Waals surface area contributed by atoms with Gasteiger partial charge in [-0.05, 0) is 35.9 Å². The number of rotatable bonds is 4. The van der Waals surface area contributed by atoms with Crippen molar-refractivity contribution in [3.05, 3.63) is 53.6 Å². The van der Waals surface area contributed by atoms with E-state index in [1.54, 1.807) is 47.9 Å². The van der Waals surface area contributed by atoms with Gasteiger partial charge in [-0.3, -0.25) is 10.0 Å². The number of ether oxygens (including phenoxy) is 1. The number of fused-ring (bicyclic) bond motifs is 1. The minimum Gasteiger partial charge on any atom is -0.490 e. The van der Waals surface area contributed by atoms with Gasteiger partial charge in [-0.25, -0.2) is 13.9 Å². The maximum atomic E-state index is 11.6. The summed E-state index contributed by atoms with van der Waals surface area (Å²) < 4.78 is 28.7. The van der Waals surface area contributed by atoms with Gasteiger partial charge in [0.15, 0.2) is 9.84 Å². The summed E-state index contributed by atoms with van der Waals surface area (Å²) in [7, 11) is -3.22. The molecule has 0 aromatic heterocycles. The summed E-state index contributed by atoms with van der Waals surface area (Å²) in [6, 6.07) is 11.6. The zero-order valence-corrected chi connectivity index (χ0v) is 14.4. The van der Waals surface area contributed by atoms with Crippen LogP contribution in [0.25, 0.3) is 0 Å². The van der Waals surface area contributed by atoms with Gasteiger partial charge in [0, 0.05) is 18.4 Å². The third kappa shape index (κ3) is 3.75. The summed E-state index contributed by atoms with van der Waals surface area (Å²) in [5.74, 6) is 0.0688. The topological polar surface area (TPSA) is 95.9 Å². The van der Waals surface area contributed by atoms with Crippen LogP contribution in [0.3, 0.4) is 0 Å². The maximum Gasteiger partial charge on any atom is 0.274 e. The molecule has 8 heteroatoms. The summed E-state index contributed by atoms with van der Waals surface area (Å²) in [6.07, 6.45) is 1.17. The summed E-state index contributed by atoms with van der Waals surface area (Å²) >= 11 is 0. The van der Waals surface area contributed by atoms with Crippen molar-refractivity contribution in [3.8, 4) is 5.75 Å². The van der Waals surface area contributed by atoms with Crippen LogP contribution in [0, 0.1) is 0 Å². The van der Waals surface area contributed by atoms with E-state index in [-0.39, 0.29) is 4.90 Å². The fourth-order valence-corrected chi connectivity index (χ4v) is 3.34. The van der Waals surface area contributed by atoms with Crippen LogP contribution in [-0.2, 0) is 16.4 Å². The number of nitrogens with one attached hydrogen (secondary N) is 1. The first-order chi connectivity index (χ1) is 11.9. The highest BCUT2D eigenvalue weighted by Crippen LogP contribution is 2.33. The zero-order valence-electron chi connectivity index (χ0n) is 13.6. The van der Waals surface area contributed by atoms with Gasteiger partial charge in [-0.1, -0.05) is 12.1 Å². The van der Waals surface area contributed by atoms with Crippen LogP contribution in [-0.4, -0.2) is 38.9 Å². The smallest absolute Gasteiger partial charge is 0.274 e. The van der Waals surface area contributed by atoms with Gasteiger partial charge in [-0.2, -0.15) is 0 Å². The van der Waals surface area contributed by atoms with Crippen molar-refractivity contribution in [2.75, 3.05) is 24.3 Å². The van der Waals surface area contributed by atoms with Gasteiger partial charge < -0.3 is 9.64 Å². The highest BCUT2D eigenvalue weighted by atomic mass is 32.2. The van der Waals surface area contributed by atoms with Crippen molar-refractivity contribution >= 4 is 21.4 Å². The molecule has 0 atom stereocenters. The number of amides is 1. The molecule has 2 N–H and O–H groups in total. The van der Waals surface area contributed by atoms with Crippen LogP contribution in [0.5, 0.6) is 5.75 Å². The normalized spacial score (nSPS) is 13.8. The van der Waals surface area contributed by atoms with Crippen molar-refractivity contribution in [2.24, 2.45) is 0 Å². The first-order valence-corrected chi connectivity index (χ1v) is 9.53. The Kier molecular flexibility index (Phi) is 4.65. The average molecular weight is 362 g/mol. The van der Waals surface area contributed by atoms with Crippen molar-refractivity contribution in [1.82, 2.24) is 5.48 Å². The molecule has 25 heavy (non-hydrogen) atoms. The fraction of sp³-hybridized carbons (Fsp3) is 0.235. The quantitative estimate of drug-likeness (QED) is 0.634. The third-order valence-electron chi connectivity index (χ3n) is 4.01. The van der Waals surface area contributed by atoms with Crippen LogP contribution in [0.4, 0.5) is 5.69 Å². The molecular formula is C17H18N2O5S. The molecule has 0 fully saturated rings. The molecule has 1 aliphatic heterocycles. The van der Waals surface area contributed by atoms with E-state index in [0.29, 0.717) is 31.0 Å². The Morgan fingerprint density at radius 3 is 2.60 bits per heavy atom. The van der Waals surface area contributed by atoms with Crippen molar-refractivity contribution < 1.29 is 23.2 Å².